The number of imide groups is 1. The highest BCUT2D eigenvalue weighted by molar-refractivity contribution is 6.04. The van der Waals surface area contributed by atoms with Gasteiger partial charge in [0, 0.05) is 17.7 Å². The average Bonchev–Trinajstić information content (AvgIpc) is 3.28. The molecule has 0 aliphatic heterocycles. The Kier molecular flexibility index (Phi) is 4.97. The van der Waals surface area contributed by atoms with E-state index in [9.17, 15) is 14.4 Å². The van der Waals surface area contributed by atoms with Gasteiger partial charge in [0.15, 0.2) is 6.61 Å². The number of nitrogens with one attached hydrogen (secondary N) is 2. The van der Waals surface area contributed by atoms with E-state index >= 15 is 0 Å². The van der Waals surface area contributed by atoms with Crippen molar-refractivity contribution in [2.75, 3.05) is 6.61 Å². The summed E-state index contributed by atoms with van der Waals surface area (Å²) in [6, 6.07) is 1.21. The first-order chi connectivity index (χ1) is 13.5. The first-order valence-electron chi connectivity index (χ1n) is 9.55. The van der Waals surface area contributed by atoms with Gasteiger partial charge in [-0.3, -0.25) is 10.1 Å². The molecule has 0 atom stereocenters. The van der Waals surface area contributed by atoms with Gasteiger partial charge in [-0.25, -0.2) is 14.6 Å². The Morgan fingerprint density at radius 3 is 2.68 bits per heavy atom. The molecule has 2 heterocycles. The number of hydrogen-bond donors (Lipinski definition) is 2. The predicted octanol–water partition coefficient (Wildman–Crippen LogP) is 2.33. The van der Waals surface area contributed by atoms with Crippen LogP contribution in [0.2, 0.25) is 0 Å². The molecule has 2 aliphatic rings. The summed E-state index contributed by atoms with van der Waals surface area (Å²) in [6.45, 7) is 1.16. The summed E-state index contributed by atoms with van der Waals surface area (Å²) in [5.41, 5.74) is 1.84. The van der Waals surface area contributed by atoms with E-state index in [1.807, 2.05) is 0 Å². The number of carbonyl (C=O) groups is 3. The summed E-state index contributed by atoms with van der Waals surface area (Å²) in [6.07, 6.45) is 5.99. The van der Waals surface area contributed by atoms with Crippen LogP contribution < -0.4 is 10.6 Å². The molecule has 2 aliphatic carbocycles. The normalized spacial score (nSPS) is 16.9. The van der Waals surface area contributed by atoms with Crippen LogP contribution >= 0.6 is 0 Å². The molecule has 2 N–H and O–H groups in total. The van der Waals surface area contributed by atoms with E-state index in [1.165, 1.54) is 0 Å². The fourth-order valence-electron chi connectivity index (χ4n) is 3.53. The number of aryl methyl sites for hydroxylation is 1. The van der Waals surface area contributed by atoms with Crippen molar-refractivity contribution in [1.82, 2.24) is 20.8 Å². The minimum absolute atomic E-state index is 0.0952. The van der Waals surface area contributed by atoms with Gasteiger partial charge in [0.25, 0.3) is 11.6 Å². The summed E-state index contributed by atoms with van der Waals surface area (Å²) in [7, 11) is 0. The van der Waals surface area contributed by atoms with Crippen LogP contribution in [-0.4, -0.2) is 40.7 Å². The monoisotopic (exact) mass is 386 g/mol. The molecule has 2 fully saturated rings. The lowest BCUT2D eigenvalue weighted by atomic mass is 10.1. The predicted molar refractivity (Wildman–Crippen MR) is 97.7 cm³/mol. The van der Waals surface area contributed by atoms with Crippen molar-refractivity contribution in [2.45, 2.75) is 57.4 Å². The fraction of sp³-hybridized carbons (Fsp3) is 0.526. The number of urea groups is 1. The van der Waals surface area contributed by atoms with Crippen LogP contribution in [0.25, 0.3) is 11.1 Å². The van der Waals surface area contributed by atoms with Gasteiger partial charge in [0.05, 0.1) is 16.6 Å². The molecule has 0 bridgehead atoms. The molecule has 2 aromatic heterocycles. The van der Waals surface area contributed by atoms with E-state index in [2.05, 4.69) is 20.8 Å². The lowest BCUT2D eigenvalue weighted by Gasteiger charge is -2.12. The molecule has 9 nitrogen and oxygen atoms in total. The van der Waals surface area contributed by atoms with E-state index in [0.29, 0.717) is 17.0 Å². The molecule has 3 amide bonds. The lowest BCUT2D eigenvalue weighted by Crippen LogP contribution is -2.45. The molecule has 0 saturated heterocycles. The zero-order valence-corrected chi connectivity index (χ0v) is 15.6. The Hall–Kier alpha value is -2.97. The standard InChI is InChI=1S/C19H22N4O5/c1-10-16-13(8-14(11-6-7-11)21-17(16)28-23-10)18(25)27-9-15(24)22-19(26)20-12-4-2-3-5-12/h8,11-12H,2-7,9H2,1H3,(H2,20,22,24,26). The topological polar surface area (TPSA) is 123 Å². The minimum Gasteiger partial charge on any atom is -0.452 e. The maximum Gasteiger partial charge on any atom is 0.339 e. The van der Waals surface area contributed by atoms with Crippen LogP contribution in [0.4, 0.5) is 4.79 Å². The summed E-state index contributed by atoms with van der Waals surface area (Å²) < 4.78 is 10.3. The average molecular weight is 386 g/mol. The van der Waals surface area contributed by atoms with Crippen LogP contribution in [0.15, 0.2) is 10.6 Å². The van der Waals surface area contributed by atoms with E-state index in [0.717, 1.165) is 44.2 Å². The molecule has 148 valence electrons. The van der Waals surface area contributed by atoms with E-state index in [-0.39, 0.29) is 17.3 Å². The number of nitrogens with zero attached hydrogens (tertiary/aromatic N) is 2. The Labute approximate surface area is 161 Å². The van der Waals surface area contributed by atoms with Crippen molar-refractivity contribution in [3.05, 3.63) is 23.0 Å². The van der Waals surface area contributed by atoms with Gasteiger partial charge < -0.3 is 14.6 Å². The van der Waals surface area contributed by atoms with Crippen LogP contribution in [0, 0.1) is 6.92 Å². The number of rotatable bonds is 5. The molecule has 0 radical (unpaired) electrons. The third-order valence-corrected chi connectivity index (χ3v) is 5.13. The molecule has 0 unspecified atom stereocenters. The second kappa shape index (κ2) is 7.57. The van der Waals surface area contributed by atoms with Crippen LogP contribution in [0.3, 0.4) is 0 Å². The Balaban J connectivity index is 1.38. The van der Waals surface area contributed by atoms with Crippen molar-refractivity contribution in [3.63, 3.8) is 0 Å². The highest BCUT2D eigenvalue weighted by Gasteiger charge is 2.29. The minimum atomic E-state index is -0.682. The summed E-state index contributed by atoms with van der Waals surface area (Å²) in [4.78, 5) is 40.7. The number of hydrogen-bond acceptors (Lipinski definition) is 7. The zero-order chi connectivity index (χ0) is 19.7. The number of fused-ring (bicyclic) bond motifs is 1. The molecule has 0 aromatic carbocycles. The summed E-state index contributed by atoms with van der Waals surface area (Å²) >= 11 is 0. The Morgan fingerprint density at radius 2 is 1.96 bits per heavy atom. The second-order valence-corrected chi connectivity index (χ2v) is 7.40. The number of aromatic nitrogens is 2. The Morgan fingerprint density at radius 1 is 1.21 bits per heavy atom. The van der Waals surface area contributed by atoms with Crippen molar-refractivity contribution in [1.29, 1.82) is 0 Å². The fourth-order valence-corrected chi connectivity index (χ4v) is 3.53. The zero-order valence-electron chi connectivity index (χ0n) is 15.6. The molecule has 28 heavy (non-hydrogen) atoms. The molecule has 2 saturated carbocycles. The smallest absolute Gasteiger partial charge is 0.339 e. The van der Waals surface area contributed by atoms with Gasteiger partial charge in [-0.2, -0.15) is 0 Å². The van der Waals surface area contributed by atoms with Crippen molar-refractivity contribution >= 4 is 29.0 Å². The summed E-state index contributed by atoms with van der Waals surface area (Å²) in [5, 5.41) is 9.28. The molecule has 9 heteroatoms. The molecular formula is C19H22N4O5. The van der Waals surface area contributed by atoms with Crippen LogP contribution in [0.5, 0.6) is 0 Å². The number of amides is 3. The van der Waals surface area contributed by atoms with Gasteiger partial charge >= 0.3 is 12.0 Å². The molecule has 0 spiro atoms. The van der Waals surface area contributed by atoms with E-state index < -0.39 is 24.5 Å². The maximum absolute atomic E-state index is 12.6. The van der Waals surface area contributed by atoms with Crippen molar-refractivity contribution in [2.24, 2.45) is 0 Å². The number of ether oxygens (including phenoxy) is 1. The van der Waals surface area contributed by atoms with Crippen molar-refractivity contribution in [3.8, 4) is 0 Å². The quantitative estimate of drug-likeness (QED) is 0.756. The highest BCUT2D eigenvalue weighted by Crippen LogP contribution is 2.40. The van der Waals surface area contributed by atoms with E-state index in [4.69, 9.17) is 9.26 Å². The lowest BCUT2D eigenvalue weighted by molar-refractivity contribution is -0.123. The third kappa shape index (κ3) is 3.97. The number of pyridine rings is 1. The van der Waals surface area contributed by atoms with Gasteiger partial charge in [0.1, 0.15) is 0 Å². The van der Waals surface area contributed by atoms with Gasteiger partial charge in [-0.1, -0.05) is 18.0 Å². The second-order valence-electron chi connectivity index (χ2n) is 7.40. The molecule has 4 rings (SSSR count). The Bertz CT molecular complexity index is 928. The molecular weight excluding hydrogens is 364 g/mol. The van der Waals surface area contributed by atoms with Crippen LogP contribution in [0.1, 0.15) is 66.2 Å². The first kappa shape index (κ1) is 18.4. The SMILES string of the molecule is Cc1noc2nc(C3CC3)cc(C(=O)OCC(=O)NC(=O)NC3CCCC3)c12. The third-order valence-electron chi connectivity index (χ3n) is 5.13. The van der Waals surface area contributed by atoms with Crippen LogP contribution in [-0.2, 0) is 9.53 Å². The largest absolute Gasteiger partial charge is 0.452 e. The van der Waals surface area contributed by atoms with Gasteiger partial charge in [-0.05, 0) is 38.7 Å². The van der Waals surface area contributed by atoms with Gasteiger partial charge in [0.2, 0.25) is 0 Å². The van der Waals surface area contributed by atoms with E-state index in [1.54, 1.807) is 13.0 Å². The van der Waals surface area contributed by atoms with Gasteiger partial charge in [-0.15, -0.1) is 0 Å². The number of carbonyl (C=O) groups excluding carboxylic acids is 3. The maximum atomic E-state index is 12.6. The first-order valence-corrected chi connectivity index (χ1v) is 9.55. The number of esters is 1. The highest BCUT2D eigenvalue weighted by atomic mass is 16.5. The van der Waals surface area contributed by atoms with Crippen molar-refractivity contribution < 1.29 is 23.6 Å². The summed E-state index contributed by atoms with van der Waals surface area (Å²) in [5.74, 6) is -1.05. The molecule has 2 aromatic rings.